The monoisotopic (exact) mass is 306 g/mol. The van der Waals surface area contributed by atoms with E-state index in [9.17, 15) is 18.0 Å². The number of hydrogen-bond donors (Lipinski definition) is 0. The number of pyridine rings is 1. The summed E-state index contributed by atoms with van der Waals surface area (Å²) in [6.45, 7) is 1.84. The van der Waals surface area contributed by atoms with E-state index in [4.69, 9.17) is 0 Å². The van der Waals surface area contributed by atoms with Gasteiger partial charge < -0.3 is 5.21 Å². The molecular formula is C14H11FN2O3S. The number of rotatable bonds is 2. The first-order valence-electron chi connectivity index (χ1n) is 6.11. The van der Waals surface area contributed by atoms with Crippen molar-refractivity contribution in [2.45, 2.75) is 11.8 Å². The minimum atomic E-state index is -3.87. The number of hydrogen-bond acceptors (Lipinski definition) is 3. The molecule has 5 nitrogen and oxygen atoms in total. The second kappa shape index (κ2) is 4.56. The van der Waals surface area contributed by atoms with Crippen molar-refractivity contribution in [1.29, 1.82) is 0 Å². The lowest BCUT2D eigenvalue weighted by atomic mass is 10.2. The molecule has 3 aromatic rings. The van der Waals surface area contributed by atoms with Crippen LogP contribution in [0.5, 0.6) is 0 Å². The highest BCUT2D eigenvalue weighted by atomic mass is 32.2. The standard InChI is InChI=1S/C14H11FN2O3S/c1-10-2-4-12(5-3-10)21(19,20)17-7-6-13-14(17)8-11(15)9-16(13)18/h2-9H,1H3. The van der Waals surface area contributed by atoms with Gasteiger partial charge >= 0.3 is 0 Å². The van der Waals surface area contributed by atoms with Crippen molar-refractivity contribution >= 4 is 21.1 Å². The van der Waals surface area contributed by atoms with E-state index in [1.54, 1.807) is 12.1 Å². The molecule has 0 unspecified atom stereocenters. The van der Waals surface area contributed by atoms with Crippen molar-refractivity contribution in [3.05, 3.63) is 65.4 Å². The first kappa shape index (κ1) is 13.6. The molecular weight excluding hydrogens is 295 g/mol. The third-order valence-corrected chi connectivity index (χ3v) is 4.90. The molecule has 0 aliphatic heterocycles. The van der Waals surface area contributed by atoms with Gasteiger partial charge in [-0.15, -0.1) is 0 Å². The molecule has 0 fully saturated rings. The zero-order valence-corrected chi connectivity index (χ0v) is 11.8. The average Bonchev–Trinajstić information content (AvgIpc) is 2.83. The third kappa shape index (κ3) is 2.15. The summed E-state index contributed by atoms with van der Waals surface area (Å²) >= 11 is 0. The Bertz CT molecular complexity index is 931. The number of fused-ring (bicyclic) bond motifs is 1. The summed E-state index contributed by atoms with van der Waals surface area (Å²) in [5, 5.41) is 11.6. The zero-order valence-electron chi connectivity index (χ0n) is 11.0. The molecule has 2 aromatic heterocycles. The van der Waals surface area contributed by atoms with Crippen molar-refractivity contribution in [1.82, 2.24) is 3.97 Å². The van der Waals surface area contributed by atoms with Crippen LogP contribution in [0.25, 0.3) is 11.0 Å². The Morgan fingerprint density at radius 3 is 2.52 bits per heavy atom. The predicted octanol–water partition coefficient (Wildman–Crippen LogP) is 1.96. The molecule has 0 radical (unpaired) electrons. The van der Waals surface area contributed by atoms with Gasteiger partial charge in [0.2, 0.25) is 11.7 Å². The second-order valence-electron chi connectivity index (χ2n) is 4.68. The summed E-state index contributed by atoms with van der Waals surface area (Å²) < 4.78 is 39.7. The zero-order chi connectivity index (χ0) is 15.2. The molecule has 0 aliphatic carbocycles. The highest BCUT2D eigenvalue weighted by molar-refractivity contribution is 7.90. The molecule has 21 heavy (non-hydrogen) atoms. The molecule has 0 saturated heterocycles. The quantitative estimate of drug-likeness (QED) is 0.537. The van der Waals surface area contributed by atoms with Crippen LogP contribution in [0.4, 0.5) is 4.39 Å². The topological polar surface area (TPSA) is 66.0 Å². The van der Waals surface area contributed by atoms with Crippen molar-refractivity contribution < 1.29 is 17.5 Å². The van der Waals surface area contributed by atoms with E-state index in [0.29, 0.717) is 4.73 Å². The molecule has 3 rings (SSSR count). The Morgan fingerprint density at radius 1 is 1.19 bits per heavy atom. The summed E-state index contributed by atoms with van der Waals surface area (Å²) in [4.78, 5) is 0.0762. The summed E-state index contributed by atoms with van der Waals surface area (Å²) in [5.41, 5.74) is 1.02. The fourth-order valence-electron chi connectivity index (χ4n) is 2.12. The predicted molar refractivity (Wildman–Crippen MR) is 74.6 cm³/mol. The van der Waals surface area contributed by atoms with E-state index in [0.717, 1.165) is 21.8 Å². The van der Waals surface area contributed by atoms with E-state index in [2.05, 4.69) is 0 Å². The van der Waals surface area contributed by atoms with Crippen molar-refractivity contribution in [2.24, 2.45) is 0 Å². The minimum Gasteiger partial charge on any atom is -0.618 e. The second-order valence-corrected chi connectivity index (χ2v) is 6.50. The molecule has 0 N–H and O–H groups in total. The van der Waals surface area contributed by atoms with E-state index in [1.165, 1.54) is 24.4 Å². The summed E-state index contributed by atoms with van der Waals surface area (Å²) in [6.07, 6.45) is 2.00. The normalized spacial score (nSPS) is 11.9. The lowest BCUT2D eigenvalue weighted by Gasteiger charge is -2.07. The maximum absolute atomic E-state index is 13.4. The van der Waals surface area contributed by atoms with Gasteiger partial charge in [0.05, 0.1) is 4.90 Å². The van der Waals surface area contributed by atoms with E-state index >= 15 is 0 Å². The highest BCUT2D eigenvalue weighted by Gasteiger charge is 2.22. The van der Waals surface area contributed by atoms with Gasteiger partial charge in [0.15, 0.2) is 5.82 Å². The van der Waals surface area contributed by atoms with Crippen LogP contribution in [0, 0.1) is 17.9 Å². The van der Waals surface area contributed by atoms with Crippen LogP contribution in [-0.2, 0) is 10.0 Å². The third-order valence-electron chi connectivity index (χ3n) is 3.20. The van der Waals surface area contributed by atoms with Gasteiger partial charge in [-0.25, -0.2) is 16.8 Å². The van der Waals surface area contributed by atoms with Gasteiger partial charge in [-0.2, -0.15) is 4.73 Å². The van der Waals surface area contributed by atoms with Crippen LogP contribution in [-0.4, -0.2) is 12.4 Å². The Balaban J connectivity index is 2.27. The Kier molecular flexibility index (Phi) is 2.94. The Morgan fingerprint density at radius 2 is 1.86 bits per heavy atom. The van der Waals surface area contributed by atoms with Crippen LogP contribution in [0.15, 0.2) is 53.7 Å². The van der Waals surface area contributed by atoms with Crippen molar-refractivity contribution in [3.8, 4) is 0 Å². The van der Waals surface area contributed by atoms with Gasteiger partial charge in [-0.05, 0) is 19.1 Å². The van der Waals surface area contributed by atoms with Crippen LogP contribution in [0.2, 0.25) is 0 Å². The molecule has 0 amide bonds. The number of halogens is 1. The largest absolute Gasteiger partial charge is 0.618 e. The fourth-order valence-corrected chi connectivity index (χ4v) is 3.46. The van der Waals surface area contributed by atoms with Gasteiger partial charge in [0.25, 0.3) is 10.0 Å². The van der Waals surface area contributed by atoms with Gasteiger partial charge in [0.1, 0.15) is 5.52 Å². The number of nitrogens with zero attached hydrogens (tertiary/aromatic N) is 2. The SMILES string of the molecule is Cc1ccc(S(=O)(=O)n2ccc3c2cc(F)c[n+]3[O-])cc1. The highest BCUT2D eigenvalue weighted by Crippen LogP contribution is 2.21. The molecule has 0 aliphatic rings. The molecule has 1 aromatic carbocycles. The van der Waals surface area contributed by atoms with Crippen LogP contribution >= 0.6 is 0 Å². The van der Waals surface area contributed by atoms with Gasteiger partial charge in [-0.3, -0.25) is 0 Å². The Labute approximate surface area is 120 Å². The molecule has 108 valence electrons. The average molecular weight is 306 g/mol. The number of aromatic nitrogens is 2. The van der Waals surface area contributed by atoms with E-state index < -0.39 is 15.8 Å². The Hall–Kier alpha value is -2.41. The van der Waals surface area contributed by atoms with Gasteiger partial charge in [-0.1, -0.05) is 17.7 Å². The van der Waals surface area contributed by atoms with Crippen LogP contribution in [0.3, 0.4) is 0 Å². The van der Waals surface area contributed by atoms with Crippen molar-refractivity contribution in [3.63, 3.8) is 0 Å². The van der Waals surface area contributed by atoms with Crippen LogP contribution in [0.1, 0.15) is 5.56 Å². The number of benzene rings is 1. The molecule has 0 bridgehead atoms. The summed E-state index contributed by atoms with van der Waals surface area (Å²) in [5.74, 6) is -0.795. The molecule has 0 saturated carbocycles. The first-order valence-corrected chi connectivity index (χ1v) is 7.55. The summed E-state index contributed by atoms with van der Waals surface area (Å²) in [7, 11) is -3.87. The van der Waals surface area contributed by atoms with Crippen LogP contribution < -0.4 is 4.73 Å². The molecule has 0 atom stereocenters. The number of aryl methyl sites for hydroxylation is 1. The summed E-state index contributed by atoms with van der Waals surface area (Å²) in [6, 6.07) is 8.66. The first-order chi connectivity index (χ1) is 9.89. The minimum absolute atomic E-state index is 0.00516. The van der Waals surface area contributed by atoms with E-state index in [-0.39, 0.29) is 15.9 Å². The lowest BCUT2D eigenvalue weighted by molar-refractivity contribution is -0.578. The smallest absolute Gasteiger partial charge is 0.268 e. The maximum Gasteiger partial charge on any atom is 0.268 e. The van der Waals surface area contributed by atoms with E-state index in [1.807, 2.05) is 6.92 Å². The van der Waals surface area contributed by atoms with Crippen molar-refractivity contribution in [2.75, 3.05) is 0 Å². The molecule has 7 heteroatoms. The fraction of sp³-hybridized carbons (Fsp3) is 0.0714. The lowest BCUT2D eigenvalue weighted by Crippen LogP contribution is -2.27. The molecule has 2 heterocycles. The maximum atomic E-state index is 13.4. The molecule has 0 spiro atoms. The van der Waals surface area contributed by atoms with Gasteiger partial charge in [0, 0.05) is 18.3 Å².